The highest BCUT2D eigenvalue weighted by molar-refractivity contribution is 9.10. The van der Waals surface area contributed by atoms with Gasteiger partial charge in [-0.2, -0.15) is 0 Å². The summed E-state index contributed by atoms with van der Waals surface area (Å²) >= 11 is 3.29. The van der Waals surface area contributed by atoms with E-state index in [9.17, 15) is 14.9 Å². The zero-order valence-electron chi connectivity index (χ0n) is 9.63. The topological polar surface area (TPSA) is 72.7 Å². The minimum atomic E-state index is -0.456. The Bertz CT molecular complexity index is 506. The Morgan fingerprint density at radius 3 is 2.78 bits per heavy atom. The summed E-state index contributed by atoms with van der Waals surface area (Å²) in [4.78, 5) is 23.5. The van der Waals surface area contributed by atoms with Crippen molar-refractivity contribution >= 4 is 33.3 Å². The highest BCUT2D eigenvalue weighted by Gasteiger charge is 2.36. The SMILES string of the molecule is COC(=O)C1CCN1c1ccc([N+](=O)[O-])cc1Br. The van der Waals surface area contributed by atoms with Gasteiger partial charge in [-0.05, 0) is 28.4 Å². The van der Waals surface area contributed by atoms with E-state index in [1.54, 1.807) is 6.07 Å². The standard InChI is InChI=1S/C11H11BrN2O4/c1-18-11(15)10-4-5-13(10)9-3-2-7(14(16)17)6-8(9)12/h2-3,6,10H,4-5H2,1H3. The molecular weight excluding hydrogens is 304 g/mol. The van der Waals surface area contributed by atoms with Crippen molar-refractivity contribution in [2.75, 3.05) is 18.6 Å². The molecule has 0 radical (unpaired) electrons. The first-order valence-electron chi connectivity index (χ1n) is 5.33. The van der Waals surface area contributed by atoms with E-state index in [1.165, 1.54) is 19.2 Å². The first-order valence-corrected chi connectivity index (χ1v) is 6.12. The lowest BCUT2D eigenvalue weighted by molar-refractivity contribution is -0.384. The fraction of sp³-hybridized carbons (Fsp3) is 0.364. The van der Waals surface area contributed by atoms with Crippen LogP contribution in [0.4, 0.5) is 11.4 Å². The van der Waals surface area contributed by atoms with Crippen LogP contribution in [0.15, 0.2) is 22.7 Å². The van der Waals surface area contributed by atoms with Gasteiger partial charge < -0.3 is 9.64 Å². The predicted octanol–water partition coefficient (Wildman–Crippen LogP) is 2.11. The molecule has 18 heavy (non-hydrogen) atoms. The summed E-state index contributed by atoms with van der Waals surface area (Å²) in [6.07, 6.45) is 0.732. The third kappa shape index (κ3) is 2.17. The highest BCUT2D eigenvalue weighted by atomic mass is 79.9. The number of hydrogen-bond donors (Lipinski definition) is 0. The molecule has 0 spiro atoms. The number of carbonyl (C=O) groups excluding carboxylic acids is 1. The second-order valence-electron chi connectivity index (χ2n) is 3.91. The van der Waals surface area contributed by atoms with E-state index in [0.717, 1.165) is 18.7 Å². The van der Waals surface area contributed by atoms with Crippen LogP contribution in [0.1, 0.15) is 6.42 Å². The molecular formula is C11H11BrN2O4. The fourth-order valence-corrected chi connectivity index (χ4v) is 2.49. The van der Waals surface area contributed by atoms with Gasteiger partial charge in [0.25, 0.3) is 5.69 Å². The lowest BCUT2D eigenvalue weighted by atomic mass is 10.0. The van der Waals surface area contributed by atoms with Crippen LogP contribution in [0.3, 0.4) is 0 Å². The Morgan fingerprint density at radius 1 is 1.61 bits per heavy atom. The Morgan fingerprint density at radius 2 is 2.33 bits per heavy atom. The first-order chi connectivity index (χ1) is 8.54. The summed E-state index contributed by atoms with van der Waals surface area (Å²) in [7, 11) is 1.35. The molecule has 7 heteroatoms. The van der Waals surface area contributed by atoms with E-state index in [0.29, 0.717) is 4.47 Å². The van der Waals surface area contributed by atoms with Gasteiger partial charge in [0.15, 0.2) is 0 Å². The number of anilines is 1. The number of nitrogens with zero attached hydrogens (tertiary/aromatic N) is 2. The summed E-state index contributed by atoms with van der Waals surface area (Å²) in [5, 5.41) is 10.6. The summed E-state index contributed by atoms with van der Waals surface area (Å²) in [5.41, 5.74) is 0.781. The first kappa shape index (κ1) is 12.8. The number of methoxy groups -OCH3 is 1. The second-order valence-corrected chi connectivity index (χ2v) is 4.77. The third-order valence-electron chi connectivity index (χ3n) is 2.94. The van der Waals surface area contributed by atoms with E-state index in [2.05, 4.69) is 15.9 Å². The molecule has 1 aliphatic rings. The number of nitro benzene ring substituents is 1. The zero-order chi connectivity index (χ0) is 13.3. The Kier molecular flexibility index (Phi) is 3.51. The summed E-state index contributed by atoms with van der Waals surface area (Å²) < 4.78 is 5.31. The van der Waals surface area contributed by atoms with Gasteiger partial charge in [-0.15, -0.1) is 0 Å². The van der Waals surface area contributed by atoms with E-state index in [-0.39, 0.29) is 17.7 Å². The molecule has 0 aromatic heterocycles. The van der Waals surface area contributed by atoms with Crippen molar-refractivity contribution in [3.05, 3.63) is 32.8 Å². The number of rotatable bonds is 3. The van der Waals surface area contributed by atoms with Crippen LogP contribution in [0, 0.1) is 10.1 Å². The van der Waals surface area contributed by atoms with Gasteiger partial charge in [0.1, 0.15) is 6.04 Å². The van der Waals surface area contributed by atoms with E-state index < -0.39 is 4.92 Å². The largest absolute Gasteiger partial charge is 0.467 e. The molecule has 96 valence electrons. The number of hydrogen-bond acceptors (Lipinski definition) is 5. The van der Waals surface area contributed by atoms with Crippen LogP contribution >= 0.6 is 15.9 Å². The average Bonchev–Trinajstić information content (AvgIpc) is 2.29. The molecule has 1 unspecified atom stereocenters. The molecule has 0 N–H and O–H groups in total. The number of benzene rings is 1. The van der Waals surface area contributed by atoms with Crippen molar-refractivity contribution in [1.29, 1.82) is 0 Å². The van der Waals surface area contributed by atoms with Gasteiger partial charge in [0, 0.05) is 23.2 Å². The Hall–Kier alpha value is -1.63. The molecule has 1 aliphatic heterocycles. The number of nitro groups is 1. The van der Waals surface area contributed by atoms with Gasteiger partial charge >= 0.3 is 5.97 Å². The predicted molar refractivity (Wildman–Crippen MR) is 68.6 cm³/mol. The number of esters is 1. The molecule has 0 aliphatic carbocycles. The number of non-ortho nitro benzene ring substituents is 1. The molecule has 1 fully saturated rings. The molecule has 1 aromatic carbocycles. The second kappa shape index (κ2) is 4.93. The van der Waals surface area contributed by atoms with Crippen molar-refractivity contribution in [1.82, 2.24) is 0 Å². The summed E-state index contributed by atoms with van der Waals surface area (Å²) in [6, 6.07) is 4.19. The molecule has 0 amide bonds. The molecule has 0 bridgehead atoms. The van der Waals surface area contributed by atoms with Gasteiger partial charge in [0.2, 0.25) is 0 Å². The monoisotopic (exact) mass is 314 g/mol. The van der Waals surface area contributed by atoms with Gasteiger partial charge in [-0.1, -0.05) is 0 Å². The third-order valence-corrected chi connectivity index (χ3v) is 3.58. The van der Waals surface area contributed by atoms with Gasteiger partial charge in [-0.25, -0.2) is 4.79 Å². The normalized spacial score (nSPS) is 18.1. The molecule has 2 rings (SSSR count). The maximum atomic E-state index is 11.5. The van der Waals surface area contributed by atoms with Crippen molar-refractivity contribution in [2.24, 2.45) is 0 Å². The smallest absolute Gasteiger partial charge is 0.328 e. The highest BCUT2D eigenvalue weighted by Crippen LogP contribution is 2.35. The lowest BCUT2D eigenvalue weighted by Crippen LogP contribution is -2.53. The van der Waals surface area contributed by atoms with E-state index in [1.807, 2.05) is 4.90 Å². The van der Waals surface area contributed by atoms with Crippen molar-refractivity contribution in [2.45, 2.75) is 12.5 Å². The number of halogens is 1. The maximum absolute atomic E-state index is 11.5. The fourth-order valence-electron chi connectivity index (χ4n) is 1.90. The number of carbonyl (C=O) groups is 1. The van der Waals surface area contributed by atoms with Crippen LogP contribution in [0.2, 0.25) is 0 Å². The maximum Gasteiger partial charge on any atom is 0.328 e. The van der Waals surface area contributed by atoms with Crippen molar-refractivity contribution < 1.29 is 14.5 Å². The molecule has 1 atom stereocenters. The average molecular weight is 315 g/mol. The summed E-state index contributed by atoms with van der Waals surface area (Å²) in [6.45, 7) is 0.732. The van der Waals surface area contributed by atoms with Crippen LogP contribution in [0.25, 0.3) is 0 Å². The van der Waals surface area contributed by atoms with Crippen molar-refractivity contribution in [3.8, 4) is 0 Å². The van der Waals surface area contributed by atoms with Crippen LogP contribution in [0.5, 0.6) is 0 Å². The van der Waals surface area contributed by atoms with E-state index >= 15 is 0 Å². The van der Waals surface area contributed by atoms with E-state index in [4.69, 9.17) is 4.74 Å². The van der Waals surface area contributed by atoms with Crippen LogP contribution < -0.4 is 4.90 Å². The van der Waals surface area contributed by atoms with Crippen LogP contribution in [-0.2, 0) is 9.53 Å². The minimum absolute atomic E-state index is 0.0146. The Balaban J connectivity index is 2.24. The van der Waals surface area contributed by atoms with Gasteiger partial charge in [-0.3, -0.25) is 10.1 Å². The van der Waals surface area contributed by atoms with Crippen molar-refractivity contribution in [3.63, 3.8) is 0 Å². The molecule has 1 saturated heterocycles. The molecule has 1 heterocycles. The molecule has 6 nitrogen and oxygen atoms in total. The zero-order valence-corrected chi connectivity index (χ0v) is 11.2. The number of ether oxygens (including phenoxy) is 1. The quantitative estimate of drug-likeness (QED) is 0.485. The molecule has 1 aromatic rings. The van der Waals surface area contributed by atoms with Crippen LogP contribution in [-0.4, -0.2) is 30.6 Å². The molecule has 0 saturated carbocycles. The van der Waals surface area contributed by atoms with Gasteiger partial charge in [0.05, 0.1) is 17.7 Å². The minimum Gasteiger partial charge on any atom is -0.467 e. The lowest BCUT2D eigenvalue weighted by Gasteiger charge is -2.41. The summed E-state index contributed by atoms with van der Waals surface area (Å²) in [5.74, 6) is -0.286. The Labute approximate surface area is 112 Å².